The van der Waals surface area contributed by atoms with Crippen molar-refractivity contribution in [2.75, 3.05) is 11.4 Å². The third-order valence-corrected chi connectivity index (χ3v) is 8.02. The molecule has 1 saturated heterocycles. The van der Waals surface area contributed by atoms with Crippen LogP contribution in [-0.2, 0) is 11.3 Å². The van der Waals surface area contributed by atoms with Crippen LogP contribution < -0.4 is 4.90 Å². The molecule has 1 atom stereocenters. The minimum absolute atomic E-state index is 0.0764. The van der Waals surface area contributed by atoms with Crippen LogP contribution in [0.4, 0.5) is 14.9 Å². The Hall–Kier alpha value is -2.31. The second-order valence-corrected chi connectivity index (χ2v) is 11.2. The monoisotopic (exact) mass is 500 g/mol. The predicted octanol–water partition coefficient (Wildman–Crippen LogP) is 7.53. The number of aryl methyl sites for hydroxylation is 1. The van der Waals surface area contributed by atoms with Gasteiger partial charge in [-0.2, -0.15) is 0 Å². The predicted molar refractivity (Wildman–Crippen MR) is 139 cm³/mol. The van der Waals surface area contributed by atoms with Crippen LogP contribution in [0.15, 0.2) is 35.2 Å². The van der Waals surface area contributed by atoms with Gasteiger partial charge in [0.1, 0.15) is 5.82 Å². The second kappa shape index (κ2) is 9.38. The first-order chi connectivity index (χ1) is 16.0. The van der Waals surface area contributed by atoms with Crippen molar-refractivity contribution in [1.82, 2.24) is 4.90 Å². The summed E-state index contributed by atoms with van der Waals surface area (Å²) in [4.78, 5) is 29.6. The highest BCUT2D eigenvalue weighted by Crippen LogP contribution is 2.45. The lowest BCUT2D eigenvalue weighted by Gasteiger charge is -2.48. The lowest BCUT2D eigenvalue weighted by Crippen LogP contribution is -2.48. The number of nitrogens with zero attached hydrogens (tertiary/aromatic N) is 2. The van der Waals surface area contributed by atoms with Crippen molar-refractivity contribution < 1.29 is 14.0 Å². The van der Waals surface area contributed by atoms with E-state index in [1.165, 1.54) is 23.4 Å². The number of carbonyl (C=O) groups is 2. The van der Waals surface area contributed by atoms with Gasteiger partial charge in [0.15, 0.2) is 0 Å². The molecule has 2 aliphatic rings. The first kappa shape index (κ1) is 24.8. The van der Waals surface area contributed by atoms with Crippen molar-refractivity contribution >= 4 is 46.3 Å². The summed E-state index contributed by atoms with van der Waals surface area (Å²) in [5, 5.41) is -0.225. The SMILES string of the molecule is CCCN1c2cc(C)c(/C=C3/SC(=O)N(Cc4c(F)cccc4Cl)C3=O)cc2C(C)CC1(C)C. The molecular weight excluding hydrogens is 471 g/mol. The molecular formula is C27H30ClFN2O2S. The molecule has 1 unspecified atom stereocenters. The van der Waals surface area contributed by atoms with Gasteiger partial charge >= 0.3 is 0 Å². The molecule has 0 aliphatic carbocycles. The van der Waals surface area contributed by atoms with E-state index in [4.69, 9.17) is 11.6 Å². The summed E-state index contributed by atoms with van der Waals surface area (Å²) in [6.45, 7) is 11.9. The van der Waals surface area contributed by atoms with Crippen molar-refractivity contribution in [3.05, 3.63) is 68.3 Å². The number of thioether (sulfide) groups is 1. The number of halogens is 2. The smallest absolute Gasteiger partial charge is 0.293 e. The van der Waals surface area contributed by atoms with E-state index < -0.39 is 17.0 Å². The first-order valence-corrected chi connectivity index (χ1v) is 12.8. The minimum Gasteiger partial charge on any atom is -0.366 e. The van der Waals surface area contributed by atoms with Crippen molar-refractivity contribution in [2.24, 2.45) is 0 Å². The molecule has 2 aromatic rings. The zero-order valence-corrected chi connectivity index (χ0v) is 21.8. The molecule has 2 heterocycles. The van der Waals surface area contributed by atoms with Crippen molar-refractivity contribution in [1.29, 1.82) is 0 Å². The first-order valence-electron chi connectivity index (χ1n) is 11.6. The summed E-state index contributed by atoms with van der Waals surface area (Å²) in [5.74, 6) is -0.577. The van der Waals surface area contributed by atoms with Gasteiger partial charge in [0.05, 0.1) is 11.4 Å². The number of imide groups is 1. The fourth-order valence-corrected chi connectivity index (χ4v) is 6.12. The van der Waals surface area contributed by atoms with Gasteiger partial charge in [-0.15, -0.1) is 0 Å². The maximum atomic E-state index is 14.2. The van der Waals surface area contributed by atoms with E-state index in [1.807, 2.05) is 6.92 Å². The molecule has 0 saturated carbocycles. The Morgan fingerprint density at radius 1 is 1.26 bits per heavy atom. The third-order valence-electron chi connectivity index (χ3n) is 6.76. The maximum Gasteiger partial charge on any atom is 0.293 e. The van der Waals surface area contributed by atoms with Gasteiger partial charge in [-0.3, -0.25) is 14.5 Å². The van der Waals surface area contributed by atoms with Crippen molar-refractivity contribution in [3.8, 4) is 0 Å². The standard InChI is InChI=1S/C27H30ClFN2O2S/c1-6-10-31-23-11-16(2)18(12-19(23)17(3)14-27(31,4)5)13-24-25(32)30(26(33)34-24)15-20-21(28)8-7-9-22(20)29/h7-9,11-13,17H,6,10,14-15H2,1-5H3/b24-13+. The Morgan fingerprint density at radius 2 is 2.00 bits per heavy atom. The number of benzene rings is 2. The van der Waals surface area contributed by atoms with E-state index in [1.54, 1.807) is 12.1 Å². The molecule has 0 radical (unpaired) electrons. The van der Waals surface area contributed by atoms with Gasteiger partial charge in [0.2, 0.25) is 0 Å². The second-order valence-electron chi connectivity index (χ2n) is 9.80. The Kier molecular flexibility index (Phi) is 6.85. The highest BCUT2D eigenvalue weighted by molar-refractivity contribution is 8.18. The number of anilines is 1. The summed E-state index contributed by atoms with van der Waals surface area (Å²) < 4.78 is 14.2. The molecule has 2 amide bonds. The van der Waals surface area contributed by atoms with Gasteiger partial charge in [0, 0.05) is 28.4 Å². The Bertz CT molecular complexity index is 1170. The van der Waals surface area contributed by atoms with Crippen LogP contribution in [0, 0.1) is 12.7 Å². The fraction of sp³-hybridized carbons (Fsp3) is 0.407. The normalized spacial score (nSPS) is 20.9. The summed E-state index contributed by atoms with van der Waals surface area (Å²) in [7, 11) is 0. The number of fused-ring (bicyclic) bond motifs is 1. The van der Waals surface area contributed by atoms with Crippen LogP contribution in [0.25, 0.3) is 6.08 Å². The average Bonchev–Trinajstić information content (AvgIpc) is 3.01. The van der Waals surface area contributed by atoms with E-state index in [0.717, 1.165) is 47.2 Å². The average molecular weight is 501 g/mol. The van der Waals surface area contributed by atoms with Crippen LogP contribution in [0.3, 0.4) is 0 Å². The molecule has 0 bridgehead atoms. The van der Waals surface area contributed by atoms with E-state index >= 15 is 0 Å². The third kappa shape index (κ3) is 4.50. The van der Waals surface area contributed by atoms with Crippen LogP contribution in [-0.4, -0.2) is 28.1 Å². The molecule has 4 nitrogen and oxygen atoms in total. The molecule has 2 aliphatic heterocycles. The number of amides is 2. The molecule has 7 heteroatoms. The zero-order valence-electron chi connectivity index (χ0n) is 20.2. The van der Waals surface area contributed by atoms with Crippen LogP contribution in [0.5, 0.6) is 0 Å². The van der Waals surface area contributed by atoms with Gasteiger partial charge in [-0.05, 0) is 98.3 Å². The lowest BCUT2D eigenvalue weighted by molar-refractivity contribution is -0.123. The molecule has 1 fully saturated rings. The summed E-state index contributed by atoms with van der Waals surface area (Å²) >= 11 is 7.00. The maximum absolute atomic E-state index is 14.2. The van der Waals surface area contributed by atoms with Gasteiger partial charge < -0.3 is 4.90 Å². The van der Waals surface area contributed by atoms with Crippen LogP contribution in [0.1, 0.15) is 68.7 Å². The quantitative estimate of drug-likeness (QED) is 0.398. The molecule has 0 N–H and O–H groups in total. The highest BCUT2D eigenvalue weighted by Gasteiger charge is 2.38. The topological polar surface area (TPSA) is 40.6 Å². The number of hydrogen-bond acceptors (Lipinski definition) is 4. The molecule has 34 heavy (non-hydrogen) atoms. The number of rotatable bonds is 5. The number of hydrogen-bond donors (Lipinski definition) is 0. The largest absolute Gasteiger partial charge is 0.366 e. The summed E-state index contributed by atoms with van der Waals surface area (Å²) in [5.41, 5.74) is 4.71. The number of carbonyl (C=O) groups excluding carboxylic acids is 2. The highest BCUT2D eigenvalue weighted by atomic mass is 35.5. The van der Waals surface area contributed by atoms with E-state index in [-0.39, 0.29) is 22.7 Å². The van der Waals surface area contributed by atoms with Gasteiger partial charge in [0.25, 0.3) is 11.1 Å². The zero-order chi connectivity index (χ0) is 24.8. The Balaban J connectivity index is 1.67. The Labute approximate surface area is 210 Å². The molecule has 180 valence electrons. The summed E-state index contributed by atoms with van der Waals surface area (Å²) in [6.07, 6.45) is 3.90. The van der Waals surface area contributed by atoms with E-state index in [0.29, 0.717) is 10.8 Å². The van der Waals surface area contributed by atoms with Gasteiger partial charge in [-0.1, -0.05) is 31.5 Å². The fourth-order valence-electron chi connectivity index (χ4n) is 5.07. The van der Waals surface area contributed by atoms with Crippen LogP contribution >= 0.6 is 23.4 Å². The van der Waals surface area contributed by atoms with Crippen molar-refractivity contribution in [3.63, 3.8) is 0 Å². The molecule has 0 aromatic heterocycles. The van der Waals surface area contributed by atoms with E-state index in [9.17, 15) is 14.0 Å². The minimum atomic E-state index is -0.533. The molecule has 4 rings (SSSR count). The van der Waals surface area contributed by atoms with E-state index in [2.05, 4.69) is 44.7 Å². The van der Waals surface area contributed by atoms with Crippen LogP contribution in [0.2, 0.25) is 5.02 Å². The van der Waals surface area contributed by atoms with Gasteiger partial charge in [-0.25, -0.2) is 4.39 Å². The Morgan fingerprint density at radius 3 is 2.68 bits per heavy atom. The molecule has 2 aromatic carbocycles. The summed E-state index contributed by atoms with van der Waals surface area (Å²) in [6, 6.07) is 8.69. The molecule has 0 spiro atoms. The van der Waals surface area contributed by atoms with Crippen molar-refractivity contribution in [2.45, 2.75) is 65.5 Å². The lowest BCUT2D eigenvalue weighted by atomic mass is 9.79.